The molecule has 5 nitrogen and oxygen atoms in total. The monoisotopic (exact) mass is 236 g/mol. The van der Waals surface area contributed by atoms with Gasteiger partial charge in [-0.3, -0.25) is 4.79 Å². The summed E-state index contributed by atoms with van der Waals surface area (Å²) in [6.45, 7) is 2.04. The Morgan fingerprint density at radius 3 is 3.00 bits per heavy atom. The molecule has 1 fully saturated rings. The molecule has 0 aromatic carbocycles. The summed E-state index contributed by atoms with van der Waals surface area (Å²) in [6, 6.07) is 0.330. The predicted molar refractivity (Wildman–Crippen MR) is 65.6 cm³/mol. The Labute approximate surface area is 102 Å². The van der Waals surface area contributed by atoms with Crippen LogP contribution in [0.4, 0.5) is 0 Å². The van der Waals surface area contributed by atoms with Crippen molar-refractivity contribution in [2.75, 3.05) is 20.1 Å². The standard InChI is InChI=1S/C12H20N4O/c1-15-6-5-11(8-15)14-12(17)4-3-10-7-16(2)9-13-10/h7,9,11H,3-6,8H2,1-2H3,(H,14,17)/t11-/m1/s1. The van der Waals surface area contributed by atoms with E-state index < -0.39 is 0 Å². The van der Waals surface area contributed by atoms with Crippen LogP contribution in [-0.4, -0.2) is 46.5 Å². The van der Waals surface area contributed by atoms with Gasteiger partial charge in [-0.05, 0) is 26.4 Å². The van der Waals surface area contributed by atoms with Gasteiger partial charge in [0.2, 0.25) is 5.91 Å². The number of hydrogen-bond acceptors (Lipinski definition) is 3. The van der Waals surface area contributed by atoms with Gasteiger partial charge in [0.15, 0.2) is 0 Å². The molecule has 1 aromatic rings. The third kappa shape index (κ3) is 3.56. The Morgan fingerprint density at radius 1 is 1.59 bits per heavy atom. The number of aromatic nitrogens is 2. The quantitative estimate of drug-likeness (QED) is 0.811. The molecule has 1 saturated heterocycles. The van der Waals surface area contributed by atoms with Gasteiger partial charge in [-0.1, -0.05) is 0 Å². The van der Waals surface area contributed by atoms with Crippen LogP contribution < -0.4 is 5.32 Å². The van der Waals surface area contributed by atoms with Crippen molar-refractivity contribution >= 4 is 5.91 Å². The Bertz CT molecular complexity index is 388. The van der Waals surface area contributed by atoms with Crippen LogP contribution in [0.3, 0.4) is 0 Å². The summed E-state index contributed by atoms with van der Waals surface area (Å²) in [5.74, 6) is 0.135. The number of carbonyl (C=O) groups is 1. The maximum atomic E-state index is 11.7. The van der Waals surface area contributed by atoms with Crippen molar-refractivity contribution in [3.63, 3.8) is 0 Å². The second-order valence-corrected chi connectivity index (χ2v) is 4.85. The lowest BCUT2D eigenvalue weighted by atomic mass is 10.2. The van der Waals surface area contributed by atoms with Crippen molar-refractivity contribution in [2.24, 2.45) is 7.05 Å². The molecule has 0 bridgehead atoms. The molecule has 0 unspecified atom stereocenters. The second kappa shape index (κ2) is 5.31. The number of nitrogens with one attached hydrogen (secondary N) is 1. The molecule has 2 heterocycles. The van der Waals surface area contributed by atoms with Crippen molar-refractivity contribution in [3.05, 3.63) is 18.2 Å². The summed E-state index contributed by atoms with van der Waals surface area (Å²) in [5, 5.41) is 3.07. The van der Waals surface area contributed by atoms with E-state index in [9.17, 15) is 4.79 Å². The topological polar surface area (TPSA) is 50.2 Å². The molecular formula is C12H20N4O. The molecule has 0 saturated carbocycles. The van der Waals surface area contributed by atoms with Crippen LogP contribution in [0.1, 0.15) is 18.5 Å². The van der Waals surface area contributed by atoms with Gasteiger partial charge in [0.05, 0.1) is 12.0 Å². The van der Waals surface area contributed by atoms with E-state index >= 15 is 0 Å². The molecule has 1 aliphatic heterocycles. The minimum absolute atomic E-state index is 0.135. The Kier molecular flexibility index (Phi) is 3.78. The fourth-order valence-corrected chi connectivity index (χ4v) is 2.19. The molecule has 0 aliphatic carbocycles. The Balaban J connectivity index is 1.71. The summed E-state index contributed by atoms with van der Waals surface area (Å²) in [4.78, 5) is 18.2. The molecule has 94 valence electrons. The average Bonchev–Trinajstić information content (AvgIpc) is 2.85. The van der Waals surface area contributed by atoms with Crippen LogP contribution in [0.15, 0.2) is 12.5 Å². The van der Waals surface area contributed by atoms with Crippen molar-refractivity contribution < 1.29 is 4.79 Å². The van der Waals surface area contributed by atoms with Crippen LogP contribution in [-0.2, 0) is 18.3 Å². The number of likely N-dealkylation sites (tertiary alicyclic amines) is 1. The van der Waals surface area contributed by atoms with Gasteiger partial charge in [-0.25, -0.2) is 4.98 Å². The third-order valence-electron chi connectivity index (χ3n) is 3.12. The van der Waals surface area contributed by atoms with Crippen LogP contribution in [0.2, 0.25) is 0 Å². The summed E-state index contributed by atoms with van der Waals surface area (Å²) >= 11 is 0. The molecule has 1 aliphatic rings. The lowest BCUT2D eigenvalue weighted by molar-refractivity contribution is -0.121. The molecule has 0 radical (unpaired) electrons. The number of amides is 1. The average molecular weight is 236 g/mol. The minimum atomic E-state index is 0.135. The van der Waals surface area contributed by atoms with Crippen molar-refractivity contribution in [1.29, 1.82) is 0 Å². The summed E-state index contributed by atoms with van der Waals surface area (Å²) in [5.41, 5.74) is 0.978. The van der Waals surface area contributed by atoms with Crippen molar-refractivity contribution in [3.8, 4) is 0 Å². The SMILES string of the molecule is CN1CC[C@@H](NC(=O)CCc2cn(C)cn2)C1. The molecule has 1 atom stereocenters. The fraction of sp³-hybridized carbons (Fsp3) is 0.667. The van der Waals surface area contributed by atoms with Gasteiger partial charge in [0, 0.05) is 32.3 Å². The third-order valence-corrected chi connectivity index (χ3v) is 3.12. The van der Waals surface area contributed by atoms with E-state index in [-0.39, 0.29) is 5.91 Å². The number of hydrogen-bond donors (Lipinski definition) is 1. The minimum Gasteiger partial charge on any atom is -0.352 e. The predicted octanol–water partition coefficient (Wildman–Crippen LogP) is 0.173. The first-order valence-electron chi connectivity index (χ1n) is 6.08. The van der Waals surface area contributed by atoms with Crippen LogP contribution in [0.5, 0.6) is 0 Å². The highest BCUT2D eigenvalue weighted by molar-refractivity contribution is 5.76. The zero-order valence-corrected chi connectivity index (χ0v) is 10.5. The van der Waals surface area contributed by atoms with Gasteiger partial charge in [-0.2, -0.15) is 0 Å². The summed E-state index contributed by atoms with van der Waals surface area (Å²) < 4.78 is 1.90. The smallest absolute Gasteiger partial charge is 0.220 e. The van der Waals surface area contributed by atoms with E-state index in [1.807, 2.05) is 17.8 Å². The molecule has 2 rings (SSSR count). The Morgan fingerprint density at radius 2 is 2.41 bits per heavy atom. The van der Waals surface area contributed by atoms with Gasteiger partial charge in [0.25, 0.3) is 0 Å². The molecule has 1 amide bonds. The van der Waals surface area contributed by atoms with Crippen LogP contribution in [0.25, 0.3) is 0 Å². The molecule has 0 spiro atoms. The zero-order valence-electron chi connectivity index (χ0n) is 10.5. The first-order valence-corrected chi connectivity index (χ1v) is 6.08. The van der Waals surface area contributed by atoms with E-state index in [4.69, 9.17) is 0 Å². The number of carbonyl (C=O) groups excluding carboxylic acids is 1. The normalized spacial score (nSPS) is 20.7. The highest BCUT2D eigenvalue weighted by atomic mass is 16.1. The van der Waals surface area contributed by atoms with E-state index in [0.717, 1.165) is 31.6 Å². The van der Waals surface area contributed by atoms with Gasteiger partial charge in [-0.15, -0.1) is 0 Å². The van der Waals surface area contributed by atoms with E-state index in [1.54, 1.807) is 6.33 Å². The summed E-state index contributed by atoms with van der Waals surface area (Å²) in [6.07, 6.45) is 6.02. The van der Waals surface area contributed by atoms with E-state index in [0.29, 0.717) is 12.5 Å². The van der Waals surface area contributed by atoms with Crippen molar-refractivity contribution in [1.82, 2.24) is 19.8 Å². The molecule has 1 aromatic heterocycles. The molecular weight excluding hydrogens is 216 g/mol. The maximum absolute atomic E-state index is 11.7. The lowest BCUT2D eigenvalue weighted by Crippen LogP contribution is -2.36. The summed E-state index contributed by atoms with van der Waals surface area (Å²) in [7, 11) is 4.02. The highest BCUT2D eigenvalue weighted by Crippen LogP contribution is 2.06. The fourth-order valence-electron chi connectivity index (χ4n) is 2.19. The number of nitrogens with zero attached hydrogens (tertiary/aromatic N) is 3. The van der Waals surface area contributed by atoms with Crippen LogP contribution in [0, 0.1) is 0 Å². The van der Waals surface area contributed by atoms with Gasteiger partial charge in [0.1, 0.15) is 0 Å². The van der Waals surface area contributed by atoms with E-state index in [1.165, 1.54) is 0 Å². The highest BCUT2D eigenvalue weighted by Gasteiger charge is 2.20. The second-order valence-electron chi connectivity index (χ2n) is 4.85. The Hall–Kier alpha value is -1.36. The van der Waals surface area contributed by atoms with E-state index in [2.05, 4.69) is 22.2 Å². The molecule has 1 N–H and O–H groups in total. The zero-order chi connectivity index (χ0) is 12.3. The first kappa shape index (κ1) is 12.1. The van der Waals surface area contributed by atoms with Crippen LogP contribution >= 0.6 is 0 Å². The number of likely N-dealkylation sites (N-methyl/N-ethyl adjacent to an activating group) is 1. The first-order chi connectivity index (χ1) is 8.13. The maximum Gasteiger partial charge on any atom is 0.220 e. The molecule has 17 heavy (non-hydrogen) atoms. The number of imidazole rings is 1. The van der Waals surface area contributed by atoms with Crippen molar-refractivity contribution in [2.45, 2.75) is 25.3 Å². The number of aryl methyl sites for hydroxylation is 2. The largest absolute Gasteiger partial charge is 0.352 e. The van der Waals surface area contributed by atoms with Gasteiger partial charge < -0.3 is 14.8 Å². The number of rotatable bonds is 4. The lowest BCUT2D eigenvalue weighted by Gasteiger charge is -2.12. The van der Waals surface area contributed by atoms with Gasteiger partial charge >= 0.3 is 0 Å². The molecule has 5 heteroatoms.